The topological polar surface area (TPSA) is 56.7 Å². The van der Waals surface area contributed by atoms with Gasteiger partial charge in [-0.05, 0) is 19.9 Å². The number of hydrogen-bond donors (Lipinski definition) is 1. The summed E-state index contributed by atoms with van der Waals surface area (Å²) in [6.07, 6.45) is 1.60. The molecule has 0 aliphatic heterocycles. The lowest BCUT2D eigenvalue weighted by Gasteiger charge is -2.08. The van der Waals surface area contributed by atoms with Gasteiger partial charge in [0.25, 0.3) is 0 Å². The van der Waals surface area contributed by atoms with Crippen molar-refractivity contribution in [1.82, 2.24) is 14.8 Å². The number of rotatable bonds is 5. The number of nitrogens with zero attached hydrogens (tertiary/aromatic N) is 3. The third-order valence-electron chi connectivity index (χ3n) is 3.59. The third kappa shape index (κ3) is 2.99. The van der Waals surface area contributed by atoms with Gasteiger partial charge >= 0.3 is 0 Å². The van der Waals surface area contributed by atoms with E-state index in [1.54, 1.807) is 11.3 Å². The van der Waals surface area contributed by atoms with Crippen molar-refractivity contribution in [3.05, 3.63) is 46.0 Å². The molecule has 4 nitrogen and oxygen atoms in total. The minimum atomic E-state index is 0.0548. The molecule has 0 bridgehead atoms. The van der Waals surface area contributed by atoms with Crippen LogP contribution in [0.25, 0.3) is 10.9 Å². The van der Waals surface area contributed by atoms with Crippen LogP contribution in [0.4, 0.5) is 0 Å². The van der Waals surface area contributed by atoms with Crippen LogP contribution in [-0.4, -0.2) is 20.8 Å². The van der Waals surface area contributed by atoms with Crippen LogP contribution in [0.1, 0.15) is 23.3 Å². The molecule has 0 saturated carbocycles. The van der Waals surface area contributed by atoms with Crippen molar-refractivity contribution >= 4 is 22.2 Å². The summed E-state index contributed by atoms with van der Waals surface area (Å²) in [5.74, 6) is 0. The van der Waals surface area contributed by atoms with Crippen molar-refractivity contribution in [3.63, 3.8) is 0 Å². The summed E-state index contributed by atoms with van der Waals surface area (Å²) in [4.78, 5) is 4.49. The molecule has 0 saturated heterocycles. The molecule has 0 fully saturated rings. The highest BCUT2D eigenvalue weighted by atomic mass is 32.1. The minimum absolute atomic E-state index is 0.0548. The number of aryl methyl sites for hydroxylation is 2. The normalized spacial score (nSPS) is 12.9. The Balaban J connectivity index is 1.81. The number of benzene rings is 1. The van der Waals surface area contributed by atoms with Crippen molar-refractivity contribution < 1.29 is 0 Å². The highest BCUT2D eigenvalue weighted by molar-refractivity contribution is 7.09. The summed E-state index contributed by atoms with van der Waals surface area (Å²) in [6, 6.07) is 8.41. The molecule has 1 unspecified atom stereocenters. The molecule has 2 aromatic heterocycles. The first-order chi connectivity index (χ1) is 10.2. The van der Waals surface area contributed by atoms with Crippen molar-refractivity contribution in [2.24, 2.45) is 5.73 Å². The van der Waals surface area contributed by atoms with E-state index in [4.69, 9.17) is 10.8 Å². The summed E-state index contributed by atoms with van der Waals surface area (Å²) < 4.78 is 2.05. The maximum atomic E-state index is 6.31. The number of aromatic nitrogens is 3. The molecule has 0 radical (unpaired) electrons. The monoisotopic (exact) mass is 300 g/mol. The first-order valence-corrected chi connectivity index (χ1v) is 8.16. The number of hydrogen-bond acceptors (Lipinski definition) is 4. The van der Waals surface area contributed by atoms with E-state index < -0.39 is 0 Å². The summed E-state index contributed by atoms with van der Waals surface area (Å²) in [7, 11) is 0. The summed E-state index contributed by atoms with van der Waals surface area (Å²) in [5.41, 5.74) is 9.66. The van der Waals surface area contributed by atoms with Crippen LogP contribution in [0.15, 0.2) is 29.6 Å². The number of fused-ring (bicyclic) bond motifs is 1. The van der Waals surface area contributed by atoms with Crippen LogP contribution in [0.5, 0.6) is 0 Å². The van der Waals surface area contributed by atoms with E-state index in [9.17, 15) is 0 Å². The highest BCUT2D eigenvalue weighted by Crippen LogP contribution is 2.20. The SMILES string of the molecule is CCn1nc(CC(N)Cc2nc(C)cs2)c2ccccc21. The van der Waals surface area contributed by atoms with E-state index in [0.29, 0.717) is 0 Å². The summed E-state index contributed by atoms with van der Waals surface area (Å²) in [5, 5.41) is 9.11. The highest BCUT2D eigenvalue weighted by Gasteiger charge is 2.14. The zero-order chi connectivity index (χ0) is 14.8. The number of thiazole rings is 1. The van der Waals surface area contributed by atoms with Gasteiger partial charge in [0, 0.05) is 41.9 Å². The second kappa shape index (κ2) is 5.95. The summed E-state index contributed by atoms with van der Waals surface area (Å²) >= 11 is 1.69. The van der Waals surface area contributed by atoms with E-state index in [1.165, 1.54) is 10.9 Å². The fourth-order valence-electron chi connectivity index (χ4n) is 2.63. The smallest absolute Gasteiger partial charge is 0.0943 e. The lowest BCUT2D eigenvalue weighted by molar-refractivity contribution is 0.620. The molecular weight excluding hydrogens is 280 g/mol. The van der Waals surface area contributed by atoms with Crippen LogP contribution < -0.4 is 5.73 Å². The molecule has 3 aromatic rings. The van der Waals surface area contributed by atoms with Crippen molar-refractivity contribution in [2.75, 3.05) is 0 Å². The molecule has 5 heteroatoms. The van der Waals surface area contributed by atoms with Crippen molar-refractivity contribution in [1.29, 1.82) is 0 Å². The van der Waals surface area contributed by atoms with E-state index in [2.05, 4.69) is 41.6 Å². The molecule has 2 heterocycles. The van der Waals surface area contributed by atoms with E-state index in [-0.39, 0.29) is 6.04 Å². The Morgan fingerprint density at radius 2 is 2.10 bits per heavy atom. The van der Waals surface area contributed by atoms with Gasteiger partial charge in [0.1, 0.15) is 0 Å². The summed E-state index contributed by atoms with van der Waals surface area (Å²) in [6.45, 7) is 5.00. The van der Waals surface area contributed by atoms with Gasteiger partial charge in [-0.3, -0.25) is 4.68 Å². The Hall–Kier alpha value is -1.72. The van der Waals surface area contributed by atoms with Crippen molar-refractivity contribution in [3.8, 4) is 0 Å². The van der Waals surface area contributed by atoms with Crippen LogP contribution in [0.3, 0.4) is 0 Å². The predicted molar refractivity (Wildman–Crippen MR) is 87.6 cm³/mol. The van der Waals surface area contributed by atoms with Gasteiger partial charge in [0.05, 0.1) is 16.2 Å². The second-order valence-corrected chi connectivity index (χ2v) is 6.27. The maximum Gasteiger partial charge on any atom is 0.0943 e. The van der Waals surface area contributed by atoms with Gasteiger partial charge in [-0.25, -0.2) is 4.98 Å². The molecule has 0 aliphatic carbocycles. The molecule has 1 aromatic carbocycles. The number of nitrogens with two attached hydrogens (primary N) is 1. The molecule has 1 atom stereocenters. The van der Waals surface area contributed by atoms with Gasteiger partial charge in [-0.1, -0.05) is 18.2 Å². The van der Waals surface area contributed by atoms with Gasteiger partial charge in [0.15, 0.2) is 0 Å². The zero-order valence-corrected chi connectivity index (χ0v) is 13.2. The molecule has 2 N–H and O–H groups in total. The lowest BCUT2D eigenvalue weighted by atomic mass is 10.1. The molecule has 21 heavy (non-hydrogen) atoms. The standard InChI is InChI=1S/C16H20N4S/c1-3-20-15-7-5-4-6-13(15)14(19-20)8-12(17)9-16-18-11(2)10-21-16/h4-7,10,12H,3,8-9,17H2,1-2H3. The zero-order valence-electron chi connectivity index (χ0n) is 12.4. The van der Waals surface area contributed by atoms with Gasteiger partial charge in [-0.15, -0.1) is 11.3 Å². The Morgan fingerprint density at radius 1 is 1.29 bits per heavy atom. The maximum absolute atomic E-state index is 6.31. The molecule has 0 amide bonds. The van der Waals surface area contributed by atoms with Crippen molar-refractivity contribution in [2.45, 2.75) is 39.3 Å². The third-order valence-corrected chi connectivity index (χ3v) is 4.58. The Morgan fingerprint density at radius 3 is 2.81 bits per heavy atom. The molecular formula is C16H20N4S. The molecule has 110 valence electrons. The fourth-order valence-corrected chi connectivity index (χ4v) is 3.50. The quantitative estimate of drug-likeness (QED) is 0.788. The Kier molecular flexibility index (Phi) is 4.03. The van der Waals surface area contributed by atoms with Crippen LogP contribution in [-0.2, 0) is 19.4 Å². The first kappa shape index (κ1) is 14.2. The van der Waals surface area contributed by atoms with E-state index in [1.807, 2.05) is 11.6 Å². The predicted octanol–water partition coefficient (Wildman–Crippen LogP) is 2.93. The lowest BCUT2D eigenvalue weighted by Crippen LogP contribution is -2.25. The molecule has 0 aliphatic rings. The van der Waals surface area contributed by atoms with Crippen LogP contribution in [0.2, 0.25) is 0 Å². The van der Waals surface area contributed by atoms with Crippen LogP contribution in [0, 0.1) is 6.92 Å². The molecule has 3 rings (SSSR count). The van der Waals surface area contributed by atoms with Gasteiger partial charge in [-0.2, -0.15) is 5.10 Å². The first-order valence-electron chi connectivity index (χ1n) is 7.28. The van der Waals surface area contributed by atoms with Gasteiger partial charge in [0.2, 0.25) is 0 Å². The largest absolute Gasteiger partial charge is 0.327 e. The number of para-hydroxylation sites is 1. The van der Waals surface area contributed by atoms with E-state index >= 15 is 0 Å². The fraction of sp³-hybridized carbons (Fsp3) is 0.375. The van der Waals surface area contributed by atoms with E-state index in [0.717, 1.165) is 35.8 Å². The van der Waals surface area contributed by atoms with Crippen LogP contribution >= 0.6 is 11.3 Å². The average Bonchev–Trinajstić information content (AvgIpc) is 3.03. The molecule has 0 spiro atoms. The minimum Gasteiger partial charge on any atom is -0.327 e. The average molecular weight is 300 g/mol. The Labute approximate surface area is 128 Å². The second-order valence-electron chi connectivity index (χ2n) is 5.33. The van der Waals surface area contributed by atoms with Gasteiger partial charge < -0.3 is 5.73 Å². The Bertz CT molecular complexity index is 744.